The van der Waals surface area contributed by atoms with Crippen molar-refractivity contribution in [2.75, 3.05) is 0 Å². The highest BCUT2D eigenvalue weighted by Crippen LogP contribution is 2.42. The normalized spacial score (nSPS) is 35.4. The van der Waals surface area contributed by atoms with Gasteiger partial charge in [0.25, 0.3) is 0 Å². The molecule has 0 aromatic carbocycles. The van der Waals surface area contributed by atoms with Crippen molar-refractivity contribution in [3.8, 4) is 0 Å². The van der Waals surface area contributed by atoms with Gasteiger partial charge in [0.2, 0.25) is 0 Å². The van der Waals surface area contributed by atoms with E-state index >= 15 is 0 Å². The zero-order chi connectivity index (χ0) is 9.71. The first kappa shape index (κ1) is 8.54. The molecule has 76 valence electrons. The van der Waals surface area contributed by atoms with Gasteiger partial charge in [-0.15, -0.1) is 0 Å². The zero-order valence-electron chi connectivity index (χ0n) is 8.86. The Balaban J connectivity index is 1.96. The first-order valence-corrected chi connectivity index (χ1v) is 5.55. The minimum absolute atomic E-state index is 0.491. The lowest BCUT2D eigenvalue weighted by atomic mass is 9.95. The third-order valence-electron chi connectivity index (χ3n) is 3.73. The third-order valence-corrected chi connectivity index (χ3v) is 3.73. The lowest BCUT2D eigenvalue weighted by Crippen LogP contribution is -2.22. The number of hydrogen-bond acceptors (Lipinski definition) is 1. The Bertz CT molecular complexity index is 336. The van der Waals surface area contributed by atoms with Crippen LogP contribution in [-0.2, 0) is 4.74 Å². The molecule has 2 aliphatic rings. The van der Waals surface area contributed by atoms with Gasteiger partial charge < -0.3 is 9.30 Å². The average Bonchev–Trinajstić information content (AvgIpc) is 2.81. The summed E-state index contributed by atoms with van der Waals surface area (Å²) in [6.45, 7) is 4.39. The highest BCUT2D eigenvalue weighted by Gasteiger charge is 2.42. The summed E-state index contributed by atoms with van der Waals surface area (Å²) in [4.78, 5) is 0. The predicted octanol–water partition coefficient (Wildman–Crippen LogP) is 2.60. The van der Waals surface area contributed by atoms with Crippen LogP contribution in [0.5, 0.6) is 0 Å². The van der Waals surface area contributed by atoms with E-state index in [9.17, 15) is 0 Å². The fourth-order valence-corrected chi connectivity index (χ4v) is 3.09. The van der Waals surface area contributed by atoms with Crippen LogP contribution in [0.25, 0.3) is 0 Å². The first-order chi connectivity index (χ1) is 6.75. The van der Waals surface area contributed by atoms with E-state index in [1.807, 2.05) is 0 Å². The summed E-state index contributed by atoms with van der Waals surface area (Å²) < 4.78 is 8.36. The molecule has 2 saturated heterocycles. The molecule has 3 unspecified atom stereocenters. The predicted molar refractivity (Wildman–Crippen MR) is 55.5 cm³/mol. The van der Waals surface area contributed by atoms with E-state index in [1.165, 1.54) is 30.7 Å². The first-order valence-electron chi connectivity index (χ1n) is 5.55. The second kappa shape index (κ2) is 2.86. The highest BCUT2D eigenvalue weighted by molar-refractivity contribution is 5.17. The van der Waals surface area contributed by atoms with Crippen molar-refractivity contribution < 1.29 is 4.74 Å². The van der Waals surface area contributed by atoms with E-state index in [2.05, 4.69) is 30.5 Å². The van der Waals surface area contributed by atoms with Gasteiger partial charge >= 0.3 is 0 Å². The molecule has 14 heavy (non-hydrogen) atoms. The molecule has 1 aromatic rings. The monoisotopic (exact) mass is 191 g/mol. The minimum atomic E-state index is 0.491. The van der Waals surface area contributed by atoms with E-state index < -0.39 is 0 Å². The van der Waals surface area contributed by atoms with Crippen LogP contribution in [0.4, 0.5) is 0 Å². The van der Waals surface area contributed by atoms with Gasteiger partial charge in [-0.1, -0.05) is 0 Å². The van der Waals surface area contributed by atoms with Gasteiger partial charge in [-0.3, -0.25) is 0 Å². The smallest absolute Gasteiger partial charge is 0.0787 e. The van der Waals surface area contributed by atoms with Gasteiger partial charge in [0.15, 0.2) is 0 Å². The Labute approximate surface area is 84.9 Å². The standard InChI is InChI=1S/C12H17NO/c1-8-3-4-9(2)13(8)11-7-10-5-6-12(11)14-10/h3-4,10-12H,5-7H2,1-2H3. The van der Waals surface area contributed by atoms with Gasteiger partial charge in [-0.2, -0.15) is 0 Å². The summed E-state index contributed by atoms with van der Waals surface area (Å²) in [5, 5.41) is 0. The molecule has 3 heterocycles. The summed E-state index contributed by atoms with van der Waals surface area (Å²) in [6, 6.07) is 5.03. The molecule has 1 aromatic heterocycles. The largest absolute Gasteiger partial charge is 0.373 e. The SMILES string of the molecule is Cc1ccc(C)n1C1CC2CCC1O2. The number of fused-ring (bicyclic) bond motifs is 2. The van der Waals surface area contributed by atoms with Gasteiger partial charge in [0, 0.05) is 11.4 Å². The average molecular weight is 191 g/mol. The molecule has 2 fully saturated rings. The van der Waals surface area contributed by atoms with Crippen LogP contribution in [0.2, 0.25) is 0 Å². The molecule has 2 aliphatic heterocycles. The second-order valence-electron chi connectivity index (χ2n) is 4.66. The van der Waals surface area contributed by atoms with Crippen molar-refractivity contribution in [2.24, 2.45) is 0 Å². The quantitative estimate of drug-likeness (QED) is 0.665. The summed E-state index contributed by atoms with van der Waals surface area (Å²) in [5.74, 6) is 0. The Kier molecular flexibility index (Phi) is 1.75. The Morgan fingerprint density at radius 1 is 1.21 bits per heavy atom. The number of aryl methyl sites for hydroxylation is 2. The molecule has 0 N–H and O–H groups in total. The van der Waals surface area contributed by atoms with Crippen molar-refractivity contribution in [2.45, 2.75) is 51.4 Å². The van der Waals surface area contributed by atoms with Crippen molar-refractivity contribution in [1.29, 1.82) is 0 Å². The molecule has 0 radical (unpaired) electrons. The number of hydrogen-bond donors (Lipinski definition) is 0. The van der Waals surface area contributed by atoms with Gasteiger partial charge in [-0.05, 0) is 45.2 Å². The Morgan fingerprint density at radius 3 is 2.43 bits per heavy atom. The molecule has 2 bridgehead atoms. The van der Waals surface area contributed by atoms with E-state index in [4.69, 9.17) is 4.74 Å². The van der Waals surface area contributed by atoms with Crippen LogP contribution in [-0.4, -0.2) is 16.8 Å². The minimum Gasteiger partial charge on any atom is -0.373 e. The summed E-state index contributed by atoms with van der Waals surface area (Å²) in [5.41, 5.74) is 2.76. The lowest BCUT2D eigenvalue weighted by Gasteiger charge is -2.23. The van der Waals surface area contributed by atoms with Gasteiger partial charge in [0.1, 0.15) is 0 Å². The topological polar surface area (TPSA) is 14.2 Å². The third kappa shape index (κ3) is 1.07. The fourth-order valence-electron chi connectivity index (χ4n) is 3.09. The molecular weight excluding hydrogens is 174 g/mol. The molecule has 2 heteroatoms. The van der Waals surface area contributed by atoms with Crippen molar-refractivity contribution in [3.63, 3.8) is 0 Å². The lowest BCUT2D eigenvalue weighted by molar-refractivity contribution is 0.0934. The van der Waals surface area contributed by atoms with Crippen LogP contribution in [0.3, 0.4) is 0 Å². The van der Waals surface area contributed by atoms with Crippen molar-refractivity contribution in [1.82, 2.24) is 4.57 Å². The molecule has 2 nitrogen and oxygen atoms in total. The number of nitrogens with zero attached hydrogens (tertiary/aromatic N) is 1. The Morgan fingerprint density at radius 2 is 1.93 bits per heavy atom. The summed E-state index contributed by atoms with van der Waals surface area (Å²) in [7, 11) is 0. The number of rotatable bonds is 1. The summed E-state index contributed by atoms with van der Waals surface area (Å²) >= 11 is 0. The van der Waals surface area contributed by atoms with Gasteiger partial charge in [0.05, 0.1) is 18.2 Å². The maximum atomic E-state index is 5.90. The van der Waals surface area contributed by atoms with Crippen LogP contribution in [0.1, 0.15) is 36.7 Å². The number of ether oxygens (including phenoxy) is 1. The molecule has 0 spiro atoms. The maximum absolute atomic E-state index is 5.90. The fraction of sp³-hybridized carbons (Fsp3) is 0.667. The van der Waals surface area contributed by atoms with E-state index in [-0.39, 0.29) is 0 Å². The molecule has 3 atom stereocenters. The second-order valence-corrected chi connectivity index (χ2v) is 4.66. The molecule has 3 rings (SSSR count). The molecule has 0 amide bonds. The molecular formula is C12H17NO. The van der Waals surface area contributed by atoms with Crippen LogP contribution in [0.15, 0.2) is 12.1 Å². The molecule has 0 aliphatic carbocycles. The Hall–Kier alpha value is -0.760. The van der Waals surface area contributed by atoms with Crippen LogP contribution < -0.4 is 0 Å². The van der Waals surface area contributed by atoms with Crippen LogP contribution >= 0.6 is 0 Å². The van der Waals surface area contributed by atoms with E-state index in [1.54, 1.807) is 0 Å². The van der Waals surface area contributed by atoms with Crippen molar-refractivity contribution in [3.05, 3.63) is 23.5 Å². The van der Waals surface area contributed by atoms with E-state index in [0.29, 0.717) is 18.2 Å². The van der Waals surface area contributed by atoms with Crippen molar-refractivity contribution >= 4 is 0 Å². The van der Waals surface area contributed by atoms with E-state index in [0.717, 1.165) is 0 Å². The maximum Gasteiger partial charge on any atom is 0.0787 e. The van der Waals surface area contributed by atoms with Gasteiger partial charge in [-0.25, -0.2) is 0 Å². The highest BCUT2D eigenvalue weighted by atomic mass is 16.5. The van der Waals surface area contributed by atoms with Crippen LogP contribution in [0, 0.1) is 13.8 Å². The summed E-state index contributed by atoms with van der Waals surface area (Å²) in [6.07, 6.45) is 4.80. The number of aromatic nitrogens is 1. The zero-order valence-corrected chi connectivity index (χ0v) is 8.86. The molecule has 0 saturated carbocycles.